The van der Waals surface area contributed by atoms with Crippen molar-refractivity contribution in [2.24, 2.45) is 5.92 Å². The number of amides is 1. The third kappa shape index (κ3) is 4.13. The number of piperidine rings is 1. The van der Waals surface area contributed by atoms with Gasteiger partial charge in [-0.25, -0.2) is 0 Å². The van der Waals surface area contributed by atoms with Gasteiger partial charge in [-0.15, -0.1) is 11.3 Å². The van der Waals surface area contributed by atoms with Crippen molar-refractivity contribution in [1.29, 1.82) is 0 Å². The van der Waals surface area contributed by atoms with E-state index in [1.54, 1.807) is 6.92 Å². The molecule has 0 aromatic carbocycles. The average Bonchev–Trinajstić information content (AvgIpc) is 2.81. The van der Waals surface area contributed by atoms with Crippen molar-refractivity contribution in [2.45, 2.75) is 26.3 Å². The highest BCUT2D eigenvalue weighted by molar-refractivity contribution is 7.09. The van der Waals surface area contributed by atoms with Gasteiger partial charge in [0, 0.05) is 24.9 Å². The lowest BCUT2D eigenvalue weighted by Gasteiger charge is -2.31. The smallest absolute Gasteiger partial charge is 0.216 e. The monoisotopic (exact) mass is 252 g/mol. The van der Waals surface area contributed by atoms with E-state index in [0.717, 1.165) is 26.2 Å². The summed E-state index contributed by atoms with van der Waals surface area (Å²) < 4.78 is 0. The van der Waals surface area contributed by atoms with Gasteiger partial charge in [0.05, 0.1) is 0 Å². The minimum atomic E-state index is 0.0889. The molecule has 1 aliphatic heterocycles. The van der Waals surface area contributed by atoms with Gasteiger partial charge in [0.2, 0.25) is 5.91 Å². The number of hydrogen-bond donors (Lipinski definition) is 1. The van der Waals surface area contributed by atoms with Gasteiger partial charge < -0.3 is 5.32 Å². The molecule has 0 bridgehead atoms. The number of carbonyl (C=O) groups is 1. The fraction of sp³-hybridized carbons (Fsp3) is 0.615. The molecule has 0 aliphatic carbocycles. The van der Waals surface area contributed by atoms with Gasteiger partial charge in [-0.05, 0) is 43.3 Å². The Labute approximate surface area is 107 Å². The van der Waals surface area contributed by atoms with E-state index in [1.807, 2.05) is 11.3 Å². The highest BCUT2D eigenvalue weighted by atomic mass is 32.1. The molecular weight excluding hydrogens is 232 g/mol. The molecule has 1 amide bonds. The lowest BCUT2D eigenvalue weighted by Crippen LogP contribution is -2.37. The van der Waals surface area contributed by atoms with Crippen molar-refractivity contribution in [1.82, 2.24) is 10.2 Å². The molecule has 1 fully saturated rings. The fourth-order valence-electron chi connectivity index (χ4n) is 2.26. The zero-order chi connectivity index (χ0) is 12.1. The Balaban J connectivity index is 1.69. The number of carbonyl (C=O) groups excluding carboxylic acids is 1. The maximum Gasteiger partial charge on any atom is 0.216 e. The number of nitrogens with one attached hydrogen (secondary N) is 1. The van der Waals surface area contributed by atoms with E-state index in [0.29, 0.717) is 5.92 Å². The van der Waals surface area contributed by atoms with Crippen LogP contribution < -0.4 is 5.32 Å². The van der Waals surface area contributed by atoms with Crippen molar-refractivity contribution in [3.8, 4) is 0 Å². The maximum atomic E-state index is 10.8. The second kappa shape index (κ2) is 6.17. The summed E-state index contributed by atoms with van der Waals surface area (Å²) in [6.45, 7) is 5.84. The van der Waals surface area contributed by atoms with E-state index in [4.69, 9.17) is 0 Å². The van der Waals surface area contributed by atoms with E-state index >= 15 is 0 Å². The Kier molecular flexibility index (Phi) is 4.57. The summed E-state index contributed by atoms with van der Waals surface area (Å²) in [6, 6.07) is 4.32. The Bertz CT molecular complexity index is 342. The van der Waals surface area contributed by atoms with Crippen molar-refractivity contribution in [3.05, 3.63) is 22.4 Å². The summed E-state index contributed by atoms with van der Waals surface area (Å²) in [6.07, 6.45) is 2.40. The molecule has 1 aromatic heterocycles. The maximum absolute atomic E-state index is 10.8. The summed E-state index contributed by atoms with van der Waals surface area (Å²) in [7, 11) is 0. The molecule has 1 aromatic rings. The van der Waals surface area contributed by atoms with Crippen LogP contribution in [0.1, 0.15) is 24.6 Å². The van der Waals surface area contributed by atoms with Gasteiger partial charge in [0.25, 0.3) is 0 Å². The van der Waals surface area contributed by atoms with Crippen molar-refractivity contribution in [2.75, 3.05) is 19.6 Å². The molecule has 2 rings (SSSR count). The average molecular weight is 252 g/mol. The second-order valence-corrected chi connectivity index (χ2v) is 5.77. The lowest BCUT2D eigenvalue weighted by atomic mass is 9.97. The first-order chi connectivity index (χ1) is 8.24. The number of nitrogens with zero attached hydrogens (tertiary/aromatic N) is 1. The summed E-state index contributed by atoms with van der Waals surface area (Å²) in [5, 5.41) is 5.06. The molecule has 0 spiro atoms. The van der Waals surface area contributed by atoms with Crippen LogP contribution in [0.3, 0.4) is 0 Å². The third-order valence-electron chi connectivity index (χ3n) is 3.31. The summed E-state index contributed by atoms with van der Waals surface area (Å²) in [5.41, 5.74) is 0. The molecule has 0 saturated carbocycles. The van der Waals surface area contributed by atoms with Crippen molar-refractivity contribution in [3.63, 3.8) is 0 Å². The fourth-order valence-corrected chi connectivity index (χ4v) is 3.01. The Hall–Kier alpha value is -0.870. The van der Waals surface area contributed by atoms with Gasteiger partial charge in [-0.1, -0.05) is 6.07 Å². The Morgan fingerprint density at radius 2 is 2.29 bits per heavy atom. The quantitative estimate of drug-likeness (QED) is 0.890. The minimum absolute atomic E-state index is 0.0889. The van der Waals surface area contributed by atoms with Crippen LogP contribution in [0.5, 0.6) is 0 Å². The number of hydrogen-bond acceptors (Lipinski definition) is 3. The zero-order valence-electron chi connectivity index (χ0n) is 10.3. The van der Waals surface area contributed by atoms with Gasteiger partial charge in [-0.3, -0.25) is 9.69 Å². The first-order valence-corrected chi connectivity index (χ1v) is 7.11. The zero-order valence-corrected chi connectivity index (χ0v) is 11.1. The minimum Gasteiger partial charge on any atom is -0.356 e. The Morgan fingerprint density at radius 3 is 2.88 bits per heavy atom. The van der Waals surface area contributed by atoms with Crippen LogP contribution in [-0.4, -0.2) is 30.4 Å². The largest absolute Gasteiger partial charge is 0.356 e. The molecule has 1 saturated heterocycles. The number of rotatable bonds is 4. The molecule has 1 N–H and O–H groups in total. The SMILES string of the molecule is CC(=O)NCC1CCN(Cc2cccs2)CC1. The molecule has 1 aliphatic rings. The molecular formula is C13H20N2OS. The second-order valence-electron chi connectivity index (χ2n) is 4.74. The van der Waals surface area contributed by atoms with Crippen molar-refractivity contribution >= 4 is 17.2 Å². The van der Waals surface area contributed by atoms with Crippen LogP contribution >= 0.6 is 11.3 Å². The highest BCUT2D eigenvalue weighted by Gasteiger charge is 2.19. The highest BCUT2D eigenvalue weighted by Crippen LogP contribution is 2.20. The summed E-state index contributed by atoms with van der Waals surface area (Å²) >= 11 is 1.83. The summed E-state index contributed by atoms with van der Waals surface area (Å²) in [5.74, 6) is 0.754. The van der Waals surface area contributed by atoms with Crippen LogP contribution in [0, 0.1) is 5.92 Å². The summed E-state index contributed by atoms with van der Waals surface area (Å²) in [4.78, 5) is 14.8. The van der Waals surface area contributed by atoms with Gasteiger partial charge >= 0.3 is 0 Å². The van der Waals surface area contributed by atoms with E-state index in [2.05, 4.69) is 27.7 Å². The predicted octanol–water partition coefficient (Wildman–Crippen LogP) is 2.10. The van der Waals surface area contributed by atoms with Gasteiger partial charge in [0.15, 0.2) is 0 Å². The molecule has 94 valence electrons. The van der Waals surface area contributed by atoms with Gasteiger partial charge in [0.1, 0.15) is 0 Å². The van der Waals surface area contributed by atoms with Crippen LogP contribution in [0.15, 0.2) is 17.5 Å². The van der Waals surface area contributed by atoms with Crippen LogP contribution in [0.25, 0.3) is 0 Å². The van der Waals surface area contributed by atoms with E-state index in [-0.39, 0.29) is 5.91 Å². The van der Waals surface area contributed by atoms with Crippen molar-refractivity contribution < 1.29 is 4.79 Å². The number of likely N-dealkylation sites (tertiary alicyclic amines) is 1. The van der Waals surface area contributed by atoms with E-state index in [1.165, 1.54) is 17.7 Å². The molecule has 0 unspecified atom stereocenters. The topological polar surface area (TPSA) is 32.3 Å². The molecule has 4 heteroatoms. The first-order valence-electron chi connectivity index (χ1n) is 6.23. The first kappa shape index (κ1) is 12.6. The molecule has 3 nitrogen and oxygen atoms in total. The molecule has 0 radical (unpaired) electrons. The van der Waals surface area contributed by atoms with Crippen LogP contribution in [0.4, 0.5) is 0 Å². The molecule has 0 atom stereocenters. The standard InChI is InChI=1S/C13H20N2OS/c1-11(16)14-9-12-4-6-15(7-5-12)10-13-3-2-8-17-13/h2-3,8,12H,4-7,9-10H2,1H3,(H,14,16). The lowest BCUT2D eigenvalue weighted by molar-refractivity contribution is -0.119. The predicted molar refractivity (Wildman–Crippen MR) is 71.0 cm³/mol. The van der Waals surface area contributed by atoms with E-state index < -0.39 is 0 Å². The molecule has 17 heavy (non-hydrogen) atoms. The molecule has 2 heterocycles. The normalized spacial score (nSPS) is 18.2. The van der Waals surface area contributed by atoms with Crippen LogP contribution in [-0.2, 0) is 11.3 Å². The van der Waals surface area contributed by atoms with E-state index in [9.17, 15) is 4.79 Å². The Morgan fingerprint density at radius 1 is 1.53 bits per heavy atom. The third-order valence-corrected chi connectivity index (χ3v) is 4.17. The van der Waals surface area contributed by atoms with Crippen LogP contribution in [0.2, 0.25) is 0 Å². The number of thiophene rings is 1. The van der Waals surface area contributed by atoms with Gasteiger partial charge in [-0.2, -0.15) is 0 Å².